The number of hydrogen-bond donors (Lipinski definition) is 2. The van der Waals surface area contributed by atoms with Crippen molar-refractivity contribution < 1.29 is 28.9 Å². The van der Waals surface area contributed by atoms with Crippen molar-refractivity contribution in [3.05, 3.63) is 47.0 Å². The van der Waals surface area contributed by atoms with E-state index in [1.807, 2.05) is 31.2 Å². The van der Waals surface area contributed by atoms with Gasteiger partial charge in [0, 0.05) is 24.8 Å². The monoisotopic (exact) mass is 533 g/mol. The number of aryl methyl sites for hydroxylation is 1. The first kappa shape index (κ1) is 26.0. The molecule has 7 heteroatoms. The van der Waals surface area contributed by atoms with Gasteiger partial charge in [-0.1, -0.05) is 13.0 Å². The highest BCUT2D eigenvalue weighted by Crippen LogP contribution is 2.62. The van der Waals surface area contributed by atoms with Crippen LogP contribution in [-0.4, -0.2) is 30.2 Å². The van der Waals surface area contributed by atoms with E-state index in [0.717, 1.165) is 55.6 Å². The predicted molar refractivity (Wildman–Crippen MR) is 146 cm³/mol. The van der Waals surface area contributed by atoms with Crippen molar-refractivity contribution in [3.8, 4) is 23.0 Å². The average molecular weight is 534 g/mol. The quantitative estimate of drug-likeness (QED) is 0.455. The Bertz CT molecular complexity index is 1270. The number of ketones is 1. The van der Waals surface area contributed by atoms with Crippen LogP contribution < -0.4 is 19.5 Å². The molecule has 2 N–H and O–H groups in total. The van der Waals surface area contributed by atoms with Gasteiger partial charge in [-0.3, -0.25) is 9.59 Å². The van der Waals surface area contributed by atoms with Crippen molar-refractivity contribution in [3.63, 3.8) is 0 Å². The molecule has 0 saturated heterocycles. The Balaban J connectivity index is 1.09. The lowest BCUT2D eigenvalue weighted by atomic mass is 9.54. The number of phenols is 1. The summed E-state index contributed by atoms with van der Waals surface area (Å²) in [6, 6.07) is 9.68. The molecule has 4 aliphatic rings. The molecule has 1 heterocycles. The van der Waals surface area contributed by atoms with E-state index in [0.29, 0.717) is 61.2 Å². The highest BCUT2D eigenvalue weighted by Gasteiger charge is 2.58. The third-order valence-corrected chi connectivity index (χ3v) is 9.85. The van der Waals surface area contributed by atoms with E-state index in [1.54, 1.807) is 0 Å². The first-order valence-electron chi connectivity index (χ1n) is 14.5. The highest BCUT2D eigenvalue weighted by molar-refractivity contribution is 5.87. The molecule has 3 aliphatic carbocycles. The molecule has 0 radical (unpaired) electrons. The Kier molecular flexibility index (Phi) is 6.94. The van der Waals surface area contributed by atoms with Crippen molar-refractivity contribution in [2.24, 2.45) is 23.2 Å². The molecule has 7 nitrogen and oxygen atoms in total. The Morgan fingerprint density at radius 2 is 2.03 bits per heavy atom. The summed E-state index contributed by atoms with van der Waals surface area (Å²) in [5.41, 5.74) is 3.25. The van der Waals surface area contributed by atoms with E-state index in [9.17, 15) is 14.7 Å². The fraction of sp³-hybridized carbons (Fsp3) is 0.562. The van der Waals surface area contributed by atoms with Crippen LogP contribution in [0.25, 0.3) is 0 Å². The van der Waals surface area contributed by atoms with Crippen molar-refractivity contribution in [2.45, 2.75) is 77.7 Å². The molecule has 2 fully saturated rings. The maximum absolute atomic E-state index is 13.3. The average Bonchev–Trinajstić information content (AvgIpc) is 3.49. The number of fused-ring (bicyclic) bond motifs is 6. The Morgan fingerprint density at radius 1 is 1.18 bits per heavy atom. The van der Waals surface area contributed by atoms with Gasteiger partial charge < -0.3 is 24.6 Å². The lowest BCUT2D eigenvalue weighted by Gasteiger charge is -2.50. The number of phenolic OH excluding ortho intramolecular Hbond substituents is 1. The molecule has 5 atom stereocenters. The lowest BCUT2D eigenvalue weighted by Crippen LogP contribution is -2.44. The fourth-order valence-electron chi connectivity index (χ4n) is 8.05. The van der Waals surface area contributed by atoms with E-state index in [-0.39, 0.29) is 23.9 Å². The third kappa shape index (κ3) is 4.74. The zero-order valence-electron chi connectivity index (χ0n) is 23.0. The van der Waals surface area contributed by atoms with Crippen LogP contribution in [0, 0.1) is 23.2 Å². The molecular weight excluding hydrogens is 494 g/mol. The van der Waals surface area contributed by atoms with E-state index >= 15 is 0 Å². The second-order valence-electron chi connectivity index (χ2n) is 12.0. The van der Waals surface area contributed by atoms with Crippen LogP contribution in [0.2, 0.25) is 0 Å². The van der Waals surface area contributed by atoms with Crippen LogP contribution >= 0.6 is 0 Å². The van der Waals surface area contributed by atoms with Crippen LogP contribution in [0.5, 0.6) is 23.0 Å². The van der Waals surface area contributed by atoms with Crippen molar-refractivity contribution in [2.75, 3.05) is 13.4 Å². The number of rotatable bonds is 8. The van der Waals surface area contributed by atoms with Gasteiger partial charge in [0.1, 0.15) is 5.78 Å². The highest BCUT2D eigenvalue weighted by atomic mass is 16.7. The molecule has 1 aliphatic heterocycles. The number of carbonyl (C=O) groups excluding carboxylic acids is 2. The number of benzene rings is 2. The maximum atomic E-state index is 13.3. The summed E-state index contributed by atoms with van der Waals surface area (Å²) < 4.78 is 16.5. The van der Waals surface area contributed by atoms with Crippen LogP contribution in [0.4, 0.5) is 0 Å². The second kappa shape index (κ2) is 10.4. The number of carbonyl (C=O) groups is 2. The number of hydrogen-bond acceptors (Lipinski definition) is 6. The molecule has 0 aromatic heterocycles. The molecule has 0 spiro atoms. The minimum atomic E-state index is -0.259. The standard InChI is InChI=1S/C32H39NO6/c1-3-37-27-16-24-20(14-25(27)34)8-9-23-22(24)11-12-32(2)29(35)15-21(31(23)32)5-4-6-30(36)33-17-19-7-10-26-28(13-19)39-18-38-26/h7,10,13-14,16,21-23,31,34H,3-6,8-9,11-12,15,17-18H2,1-2H3,(H,33,36)/t21?,22?,23?,31?,32-/m1/s1. The predicted octanol–water partition coefficient (Wildman–Crippen LogP) is 5.66. The van der Waals surface area contributed by atoms with Gasteiger partial charge in [0.05, 0.1) is 6.61 Å². The zero-order chi connectivity index (χ0) is 27.1. The largest absolute Gasteiger partial charge is 0.504 e. The number of Topliss-reactive ketones (excluding diaryl/α,β-unsaturated/α-hetero) is 1. The second-order valence-corrected chi connectivity index (χ2v) is 12.0. The van der Waals surface area contributed by atoms with Gasteiger partial charge in [-0.15, -0.1) is 0 Å². The zero-order valence-corrected chi connectivity index (χ0v) is 23.0. The summed E-state index contributed by atoms with van der Waals surface area (Å²) in [5.74, 6) is 4.21. The summed E-state index contributed by atoms with van der Waals surface area (Å²) in [6.45, 7) is 5.34. The van der Waals surface area contributed by atoms with Gasteiger partial charge in [0.15, 0.2) is 23.0 Å². The van der Waals surface area contributed by atoms with Gasteiger partial charge in [0.25, 0.3) is 0 Å². The van der Waals surface area contributed by atoms with E-state index in [4.69, 9.17) is 14.2 Å². The number of aromatic hydroxyl groups is 1. The molecule has 1 amide bonds. The third-order valence-electron chi connectivity index (χ3n) is 9.85. The van der Waals surface area contributed by atoms with Gasteiger partial charge in [-0.2, -0.15) is 0 Å². The first-order valence-corrected chi connectivity index (χ1v) is 14.5. The fourth-order valence-corrected chi connectivity index (χ4v) is 8.05. The summed E-state index contributed by atoms with van der Waals surface area (Å²) in [6.07, 6.45) is 6.67. The van der Waals surface area contributed by atoms with Crippen molar-refractivity contribution in [1.82, 2.24) is 5.32 Å². The van der Waals surface area contributed by atoms with Gasteiger partial charge in [-0.05, 0) is 110 Å². The summed E-state index contributed by atoms with van der Waals surface area (Å²) in [4.78, 5) is 26.0. The Morgan fingerprint density at radius 3 is 2.87 bits per heavy atom. The number of ether oxygens (including phenoxy) is 3. The lowest BCUT2D eigenvalue weighted by molar-refractivity contribution is -0.129. The van der Waals surface area contributed by atoms with Crippen LogP contribution in [0.3, 0.4) is 0 Å². The summed E-state index contributed by atoms with van der Waals surface area (Å²) in [7, 11) is 0. The Hall–Kier alpha value is -3.22. The van der Waals surface area contributed by atoms with E-state index in [2.05, 4.69) is 18.3 Å². The van der Waals surface area contributed by atoms with Gasteiger partial charge >= 0.3 is 0 Å². The molecular formula is C32H39NO6. The minimum absolute atomic E-state index is 0.0381. The SMILES string of the molecule is CCOc1cc2c(cc1O)CCC1C2CC[C@]2(C)C(=O)CC(CCCC(=O)NCc3ccc4c(c3)OCO4)C12. The smallest absolute Gasteiger partial charge is 0.231 e. The van der Waals surface area contributed by atoms with Crippen LogP contribution in [-0.2, 0) is 22.6 Å². The van der Waals surface area contributed by atoms with Gasteiger partial charge in [0.2, 0.25) is 12.7 Å². The van der Waals surface area contributed by atoms with Crippen molar-refractivity contribution in [1.29, 1.82) is 0 Å². The maximum Gasteiger partial charge on any atom is 0.231 e. The number of amides is 1. The first-order chi connectivity index (χ1) is 18.9. The molecule has 0 bridgehead atoms. The molecule has 2 aromatic rings. The Labute approximate surface area is 230 Å². The van der Waals surface area contributed by atoms with Crippen LogP contribution in [0.1, 0.15) is 81.4 Å². The van der Waals surface area contributed by atoms with Crippen molar-refractivity contribution >= 4 is 11.7 Å². The molecule has 2 aromatic carbocycles. The molecule has 6 rings (SSSR count). The molecule has 4 unspecified atom stereocenters. The van der Waals surface area contributed by atoms with Crippen LogP contribution in [0.15, 0.2) is 30.3 Å². The molecule has 208 valence electrons. The number of nitrogens with one attached hydrogen (secondary N) is 1. The molecule has 2 saturated carbocycles. The normalized spacial score (nSPS) is 28.4. The van der Waals surface area contributed by atoms with E-state index in [1.165, 1.54) is 11.1 Å². The van der Waals surface area contributed by atoms with E-state index < -0.39 is 0 Å². The summed E-state index contributed by atoms with van der Waals surface area (Å²) >= 11 is 0. The molecule has 39 heavy (non-hydrogen) atoms. The van der Waals surface area contributed by atoms with Gasteiger partial charge in [-0.25, -0.2) is 0 Å². The topological polar surface area (TPSA) is 94.1 Å². The minimum Gasteiger partial charge on any atom is -0.504 e. The summed E-state index contributed by atoms with van der Waals surface area (Å²) in [5, 5.41) is 13.5.